The molecule has 132 valence electrons. The molecular formula is C18H24N6O. The zero-order chi connectivity index (χ0) is 17.5. The van der Waals surface area contributed by atoms with Crippen molar-refractivity contribution >= 4 is 17.7 Å². The van der Waals surface area contributed by atoms with Crippen LogP contribution in [0, 0.1) is 0 Å². The van der Waals surface area contributed by atoms with Crippen LogP contribution < -0.4 is 15.5 Å². The lowest BCUT2D eigenvalue weighted by molar-refractivity contribution is 0.251. The third kappa shape index (κ3) is 4.90. The van der Waals surface area contributed by atoms with Gasteiger partial charge in [-0.2, -0.15) is 0 Å². The molecule has 1 fully saturated rings. The second-order valence-corrected chi connectivity index (χ2v) is 5.97. The van der Waals surface area contributed by atoms with Gasteiger partial charge < -0.3 is 15.1 Å². The largest absolute Gasteiger partial charge is 0.354 e. The highest BCUT2D eigenvalue weighted by atomic mass is 16.2. The van der Waals surface area contributed by atoms with Crippen LogP contribution in [0.5, 0.6) is 0 Å². The van der Waals surface area contributed by atoms with Gasteiger partial charge in [0.2, 0.25) is 0 Å². The van der Waals surface area contributed by atoms with Crippen molar-refractivity contribution in [2.24, 2.45) is 0 Å². The normalized spacial score (nSPS) is 15.0. The molecule has 0 aromatic carbocycles. The quantitative estimate of drug-likeness (QED) is 0.870. The highest BCUT2D eigenvalue weighted by Gasteiger charge is 2.16. The molecule has 3 rings (SSSR count). The first-order valence-corrected chi connectivity index (χ1v) is 8.62. The third-order valence-corrected chi connectivity index (χ3v) is 4.31. The Morgan fingerprint density at radius 3 is 2.60 bits per heavy atom. The Labute approximate surface area is 148 Å². The van der Waals surface area contributed by atoms with Crippen molar-refractivity contribution in [3.05, 3.63) is 48.3 Å². The van der Waals surface area contributed by atoms with Gasteiger partial charge in [0.15, 0.2) is 0 Å². The summed E-state index contributed by atoms with van der Waals surface area (Å²) in [7, 11) is 0. The van der Waals surface area contributed by atoms with Gasteiger partial charge >= 0.3 is 6.03 Å². The maximum atomic E-state index is 11.9. The van der Waals surface area contributed by atoms with E-state index in [0.29, 0.717) is 12.4 Å². The maximum Gasteiger partial charge on any atom is 0.320 e. The van der Waals surface area contributed by atoms with Gasteiger partial charge in [0, 0.05) is 45.1 Å². The van der Waals surface area contributed by atoms with Crippen molar-refractivity contribution in [1.29, 1.82) is 0 Å². The van der Waals surface area contributed by atoms with E-state index in [0.717, 1.165) is 44.1 Å². The summed E-state index contributed by atoms with van der Waals surface area (Å²) in [4.78, 5) is 25.2. The Bertz CT molecular complexity index is 668. The smallest absolute Gasteiger partial charge is 0.320 e. The maximum absolute atomic E-state index is 11.9. The van der Waals surface area contributed by atoms with Gasteiger partial charge in [0.1, 0.15) is 11.6 Å². The first-order chi connectivity index (χ1) is 12.2. The molecule has 0 saturated carbocycles. The number of nitrogens with one attached hydrogen (secondary N) is 2. The topological polar surface area (TPSA) is 73.4 Å². The highest BCUT2D eigenvalue weighted by molar-refractivity contribution is 5.88. The van der Waals surface area contributed by atoms with Crippen LogP contribution in [0.3, 0.4) is 0 Å². The van der Waals surface area contributed by atoms with Gasteiger partial charge in [-0.15, -0.1) is 0 Å². The van der Waals surface area contributed by atoms with E-state index >= 15 is 0 Å². The number of rotatable bonds is 5. The molecule has 0 aliphatic carbocycles. The fraction of sp³-hybridized carbons (Fsp3) is 0.389. The first kappa shape index (κ1) is 17.2. The van der Waals surface area contributed by atoms with Crippen molar-refractivity contribution in [1.82, 2.24) is 20.2 Å². The first-order valence-electron chi connectivity index (χ1n) is 8.62. The summed E-state index contributed by atoms with van der Waals surface area (Å²) in [5.74, 6) is 1.53. The average Bonchev–Trinajstić information content (AvgIpc) is 2.68. The van der Waals surface area contributed by atoms with E-state index in [1.54, 1.807) is 18.3 Å². The average molecular weight is 340 g/mol. The van der Waals surface area contributed by atoms with Crippen molar-refractivity contribution < 1.29 is 4.79 Å². The molecule has 7 heteroatoms. The molecule has 2 aromatic heterocycles. The third-order valence-electron chi connectivity index (χ3n) is 4.31. The Morgan fingerprint density at radius 2 is 1.96 bits per heavy atom. The summed E-state index contributed by atoms with van der Waals surface area (Å²) in [5, 5.41) is 5.50. The molecule has 1 saturated heterocycles. The number of carbonyl (C=O) groups excluding carboxylic acids is 1. The molecule has 1 aliphatic rings. The van der Waals surface area contributed by atoms with E-state index in [-0.39, 0.29) is 6.03 Å². The standard InChI is InChI=1S/C18H24N6O/c1-2-23-9-11-24(12-10-23)17-7-6-15(13-20-17)14-21-18(25)22-16-5-3-4-8-19-16/h3-8,13H,2,9-12,14H2,1H3,(H2,19,21,22,25). The van der Waals surface area contributed by atoms with Gasteiger partial charge in [-0.05, 0) is 30.3 Å². The molecule has 3 heterocycles. The van der Waals surface area contributed by atoms with Crippen LogP contribution in [0.1, 0.15) is 12.5 Å². The number of piperazine rings is 1. The van der Waals surface area contributed by atoms with Crippen LogP contribution in [-0.4, -0.2) is 53.6 Å². The highest BCUT2D eigenvalue weighted by Crippen LogP contribution is 2.14. The Morgan fingerprint density at radius 1 is 1.12 bits per heavy atom. The van der Waals surface area contributed by atoms with Gasteiger partial charge in [-0.3, -0.25) is 5.32 Å². The molecule has 2 N–H and O–H groups in total. The molecule has 2 amide bonds. The fourth-order valence-corrected chi connectivity index (χ4v) is 2.78. The second kappa shape index (κ2) is 8.43. The zero-order valence-corrected chi connectivity index (χ0v) is 14.5. The molecule has 25 heavy (non-hydrogen) atoms. The zero-order valence-electron chi connectivity index (χ0n) is 14.5. The summed E-state index contributed by atoms with van der Waals surface area (Å²) in [6.07, 6.45) is 3.46. The minimum atomic E-state index is -0.279. The van der Waals surface area contributed by atoms with Crippen LogP contribution in [0.4, 0.5) is 16.4 Å². The lowest BCUT2D eigenvalue weighted by atomic mass is 10.2. The Kier molecular flexibility index (Phi) is 5.79. The van der Waals surface area contributed by atoms with Crippen molar-refractivity contribution in [2.75, 3.05) is 42.9 Å². The number of hydrogen-bond donors (Lipinski definition) is 2. The number of nitrogens with zero attached hydrogens (tertiary/aromatic N) is 4. The molecule has 0 radical (unpaired) electrons. The second-order valence-electron chi connectivity index (χ2n) is 5.97. The number of anilines is 2. The molecule has 0 bridgehead atoms. The van der Waals surface area contributed by atoms with Crippen LogP contribution in [0.2, 0.25) is 0 Å². The SMILES string of the molecule is CCN1CCN(c2ccc(CNC(=O)Nc3ccccn3)cn2)CC1. The van der Waals surface area contributed by atoms with E-state index in [2.05, 4.69) is 37.3 Å². The predicted octanol–water partition coefficient (Wildman–Crippen LogP) is 1.94. The molecule has 7 nitrogen and oxygen atoms in total. The summed E-state index contributed by atoms with van der Waals surface area (Å²) < 4.78 is 0. The molecule has 0 spiro atoms. The number of amides is 2. The number of likely N-dealkylation sites (N-methyl/N-ethyl adjacent to an activating group) is 1. The summed E-state index contributed by atoms with van der Waals surface area (Å²) in [5.41, 5.74) is 0.965. The molecule has 2 aromatic rings. The lowest BCUT2D eigenvalue weighted by Crippen LogP contribution is -2.46. The number of carbonyl (C=O) groups is 1. The predicted molar refractivity (Wildman–Crippen MR) is 98.7 cm³/mol. The minimum Gasteiger partial charge on any atom is -0.354 e. The lowest BCUT2D eigenvalue weighted by Gasteiger charge is -2.34. The number of hydrogen-bond acceptors (Lipinski definition) is 5. The molecular weight excluding hydrogens is 316 g/mol. The molecule has 0 unspecified atom stereocenters. The number of aromatic nitrogens is 2. The number of urea groups is 1. The van der Waals surface area contributed by atoms with Crippen LogP contribution >= 0.6 is 0 Å². The summed E-state index contributed by atoms with van der Waals surface area (Å²) in [6, 6.07) is 9.13. The van der Waals surface area contributed by atoms with E-state index in [1.807, 2.05) is 24.4 Å². The number of pyridine rings is 2. The van der Waals surface area contributed by atoms with Crippen LogP contribution in [0.25, 0.3) is 0 Å². The minimum absolute atomic E-state index is 0.279. The van der Waals surface area contributed by atoms with Crippen LogP contribution in [-0.2, 0) is 6.54 Å². The summed E-state index contributed by atoms with van der Waals surface area (Å²) >= 11 is 0. The van der Waals surface area contributed by atoms with E-state index in [9.17, 15) is 4.79 Å². The van der Waals surface area contributed by atoms with Crippen molar-refractivity contribution in [2.45, 2.75) is 13.5 Å². The van der Waals surface area contributed by atoms with E-state index in [1.165, 1.54) is 0 Å². The van der Waals surface area contributed by atoms with Gasteiger partial charge in [-0.25, -0.2) is 14.8 Å². The fourth-order valence-electron chi connectivity index (χ4n) is 2.78. The van der Waals surface area contributed by atoms with Gasteiger partial charge in [0.25, 0.3) is 0 Å². The van der Waals surface area contributed by atoms with E-state index < -0.39 is 0 Å². The van der Waals surface area contributed by atoms with Crippen molar-refractivity contribution in [3.8, 4) is 0 Å². The van der Waals surface area contributed by atoms with Gasteiger partial charge in [0.05, 0.1) is 0 Å². The van der Waals surface area contributed by atoms with E-state index in [4.69, 9.17) is 0 Å². The Balaban J connectivity index is 1.47. The van der Waals surface area contributed by atoms with Crippen LogP contribution in [0.15, 0.2) is 42.7 Å². The van der Waals surface area contributed by atoms with Gasteiger partial charge in [-0.1, -0.05) is 19.1 Å². The Hall–Kier alpha value is -2.67. The van der Waals surface area contributed by atoms with Crippen molar-refractivity contribution in [3.63, 3.8) is 0 Å². The molecule has 1 aliphatic heterocycles. The molecule has 0 atom stereocenters. The monoisotopic (exact) mass is 340 g/mol. The summed E-state index contributed by atoms with van der Waals surface area (Å²) in [6.45, 7) is 7.89.